The maximum Gasteiger partial charge on any atom is 0.157 e. The van der Waals surface area contributed by atoms with Crippen molar-refractivity contribution in [3.05, 3.63) is 12.2 Å². The van der Waals surface area contributed by atoms with Gasteiger partial charge in [0.05, 0.1) is 18.8 Å². The zero-order valence-corrected chi connectivity index (χ0v) is 12.8. The Kier molecular flexibility index (Phi) is 5.69. The van der Waals surface area contributed by atoms with Crippen LogP contribution in [0.25, 0.3) is 0 Å². The van der Waals surface area contributed by atoms with Crippen molar-refractivity contribution in [1.82, 2.24) is 0 Å². The second-order valence-electron chi connectivity index (χ2n) is 6.46. The molecule has 0 spiro atoms. The molecule has 3 aliphatic rings. The summed E-state index contributed by atoms with van der Waals surface area (Å²) in [6.45, 7) is 1.84. The summed E-state index contributed by atoms with van der Waals surface area (Å²) >= 11 is 0. The molecule has 3 heterocycles. The van der Waals surface area contributed by atoms with Gasteiger partial charge in [0.25, 0.3) is 0 Å². The third-order valence-electron chi connectivity index (χ3n) is 5.10. The summed E-state index contributed by atoms with van der Waals surface area (Å²) in [5.41, 5.74) is 0. The highest BCUT2D eigenvalue weighted by molar-refractivity contribution is 4.99. The van der Waals surface area contributed by atoms with Crippen molar-refractivity contribution >= 4 is 0 Å². The van der Waals surface area contributed by atoms with Gasteiger partial charge in [-0.15, -0.1) is 0 Å². The molecule has 0 aromatic rings. The molecule has 0 aromatic carbocycles. The van der Waals surface area contributed by atoms with Crippen LogP contribution in [0.5, 0.6) is 0 Å². The minimum absolute atomic E-state index is 0.0184. The third kappa shape index (κ3) is 3.86. The second kappa shape index (κ2) is 7.73. The molecule has 1 N–H and O–H groups in total. The molecule has 3 saturated heterocycles. The van der Waals surface area contributed by atoms with Crippen LogP contribution in [-0.4, -0.2) is 43.4 Å². The lowest BCUT2D eigenvalue weighted by Crippen LogP contribution is -2.29. The summed E-state index contributed by atoms with van der Waals surface area (Å²) in [4.78, 5) is 0. The average Bonchev–Trinajstić information content (AvgIpc) is 3.12. The van der Waals surface area contributed by atoms with Crippen molar-refractivity contribution in [2.75, 3.05) is 19.8 Å². The SMILES string of the molecule is OC[C@@H]1C(CC=CCCO[C@H]2CCCCO2)[C@@H]2CC[C@H]1O2. The Balaban J connectivity index is 1.31. The molecule has 4 nitrogen and oxygen atoms in total. The van der Waals surface area contributed by atoms with E-state index in [-0.39, 0.29) is 12.9 Å². The van der Waals surface area contributed by atoms with E-state index in [9.17, 15) is 5.11 Å². The van der Waals surface area contributed by atoms with Crippen LogP contribution in [0, 0.1) is 11.8 Å². The number of allylic oxidation sites excluding steroid dienone is 1. The average molecular weight is 296 g/mol. The molecular formula is C17H28O4. The first-order chi connectivity index (χ1) is 10.4. The van der Waals surface area contributed by atoms with Crippen LogP contribution in [0.1, 0.15) is 44.9 Å². The molecule has 0 aliphatic carbocycles. The Bertz CT molecular complexity index is 338. The second-order valence-corrected chi connectivity index (χ2v) is 6.46. The first-order valence-electron chi connectivity index (χ1n) is 8.53. The van der Waals surface area contributed by atoms with Crippen molar-refractivity contribution in [3.63, 3.8) is 0 Å². The van der Waals surface area contributed by atoms with Crippen LogP contribution < -0.4 is 0 Å². The number of hydrogen-bond acceptors (Lipinski definition) is 4. The van der Waals surface area contributed by atoms with Gasteiger partial charge < -0.3 is 19.3 Å². The van der Waals surface area contributed by atoms with Crippen LogP contribution in [-0.2, 0) is 14.2 Å². The van der Waals surface area contributed by atoms with E-state index in [0.717, 1.165) is 45.3 Å². The molecule has 5 atom stereocenters. The number of rotatable bonds is 7. The van der Waals surface area contributed by atoms with Crippen molar-refractivity contribution < 1.29 is 19.3 Å². The van der Waals surface area contributed by atoms with Crippen LogP contribution in [0.3, 0.4) is 0 Å². The van der Waals surface area contributed by atoms with Crippen LogP contribution in [0.2, 0.25) is 0 Å². The zero-order chi connectivity index (χ0) is 14.5. The van der Waals surface area contributed by atoms with Crippen LogP contribution in [0.15, 0.2) is 12.2 Å². The lowest BCUT2D eigenvalue weighted by molar-refractivity contribution is -0.161. The fourth-order valence-corrected chi connectivity index (χ4v) is 3.93. The molecule has 3 aliphatic heterocycles. The maximum absolute atomic E-state index is 9.51. The number of fused-ring (bicyclic) bond motifs is 2. The van der Waals surface area contributed by atoms with Crippen molar-refractivity contribution in [2.45, 2.75) is 63.4 Å². The van der Waals surface area contributed by atoms with E-state index in [4.69, 9.17) is 14.2 Å². The lowest BCUT2D eigenvalue weighted by Gasteiger charge is -2.25. The molecule has 0 amide bonds. The predicted molar refractivity (Wildman–Crippen MR) is 79.9 cm³/mol. The molecule has 0 radical (unpaired) electrons. The summed E-state index contributed by atoms with van der Waals surface area (Å²) < 4.78 is 17.2. The first-order valence-corrected chi connectivity index (χ1v) is 8.53. The van der Waals surface area contributed by atoms with Gasteiger partial charge in [-0.3, -0.25) is 0 Å². The summed E-state index contributed by atoms with van der Waals surface area (Å²) in [5, 5.41) is 9.51. The number of aliphatic hydroxyl groups is 1. The Hall–Kier alpha value is -0.420. The topological polar surface area (TPSA) is 47.9 Å². The molecule has 3 rings (SSSR count). The maximum atomic E-state index is 9.51. The molecule has 4 heteroatoms. The zero-order valence-electron chi connectivity index (χ0n) is 12.8. The van der Waals surface area contributed by atoms with Gasteiger partial charge in [-0.1, -0.05) is 12.2 Å². The van der Waals surface area contributed by atoms with E-state index >= 15 is 0 Å². The van der Waals surface area contributed by atoms with E-state index in [2.05, 4.69) is 12.2 Å². The summed E-state index contributed by atoms with van der Waals surface area (Å²) in [7, 11) is 0. The molecule has 0 saturated carbocycles. The molecule has 2 bridgehead atoms. The highest BCUT2D eigenvalue weighted by Crippen LogP contribution is 2.44. The van der Waals surface area contributed by atoms with Crippen LogP contribution >= 0.6 is 0 Å². The lowest BCUT2D eigenvalue weighted by atomic mass is 9.78. The molecule has 3 fully saturated rings. The monoisotopic (exact) mass is 296 g/mol. The van der Waals surface area contributed by atoms with Gasteiger partial charge in [0.2, 0.25) is 0 Å². The summed E-state index contributed by atoms with van der Waals surface area (Å²) in [6.07, 6.45) is 12.8. The quantitative estimate of drug-likeness (QED) is 0.579. The predicted octanol–water partition coefficient (Wildman–Crippen LogP) is 2.65. The fourth-order valence-electron chi connectivity index (χ4n) is 3.93. The molecule has 1 unspecified atom stereocenters. The highest BCUT2D eigenvalue weighted by atomic mass is 16.7. The van der Waals surface area contributed by atoms with Gasteiger partial charge in [-0.2, -0.15) is 0 Å². The van der Waals surface area contributed by atoms with E-state index < -0.39 is 0 Å². The number of ether oxygens (including phenoxy) is 3. The number of hydrogen-bond donors (Lipinski definition) is 1. The van der Waals surface area contributed by atoms with Gasteiger partial charge >= 0.3 is 0 Å². The van der Waals surface area contributed by atoms with Gasteiger partial charge in [-0.25, -0.2) is 0 Å². The van der Waals surface area contributed by atoms with Gasteiger partial charge in [0.1, 0.15) is 0 Å². The minimum atomic E-state index is 0.0184. The first kappa shape index (κ1) is 15.5. The highest BCUT2D eigenvalue weighted by Gasteiger charge is 2.47. The number of aliphatic hydroxyl groups excluding tert-OH is 1. The van der Waals surface area contributed by atoms with Gasteiger partial charge in [-0.05, 0) is 50.9 Å². The van der Waals surface area contributed by atoms with Crippen LogP contribution in [0.4, 0.5) is 0 Å². The van der Waals surface area contributed by atoms with E-state index in [1.165, 1.54) is 12.8 Å². The fraction of sp³-hybridized carbons (Fsp3) is 0.882. The third-order valence-corrected chi connectivity index (χ3v) is 5.10. The Morgan fingerprint density at radius 1 is 1.05 bits per heavy atom. The largest absolute Gasteiger partial charge is 0.396 e. The van der Waals surface area contributed by atoms with E-state index in [1.807, 2.05) is 0 Å². The summed E-state index contributed by atoms with van der Waals surface area (Å²) in [5.74, 6) is 0.855. The molecule has 0 aromatic heterocycles. The van der Waals surface area contributed by atoms with Crippen molar-refractivity contribution in [2.24, 2.45) is 11.8 Å². The molecular weight excluding hydrogens is 268 g/mol. The van der Waals surface area contributed by atoms with E-state index in [1.54, 1.807) is 0 Å². The Labute approximate surface area is 127 Å². The smallest absolute Gasteiger partial charge is 0.157 e. The van der Waals surface area contributed by atoms with E-state index in [0.29, 0.717) is 24.0 Å². The Morgan fingerprint density at radius 3 is 2.67 bits per heavy atom. The molecule has 120 valence electrons. The standard InChI is InChI=1S/C17H28O4/c18-12-14-13(15-8-9-16(14)21-15)6-2-1-4-10-19-17-7-3-5-11-20-17/h1-2,13-18H,3-12H2/t13?,14-,15+,16-,17-/m1/s1. The van der Waals surface area contributed by atoms with Gasteiger partial charge in [0, 0.05) is 19.1 Å². The van der Waals surface area contributed by atoms with Crippen molar-refractivity contribution in [1.29, 1.82) is 0 Å². The van der Waals surface area contributed by atoms with Gasteiger partial charge in [0.15, 0.2) is 6.29 Å². The Morgan fingerprint density at radius 2 is 1.90 bits per heavy atom. The minimum Gasteiger partial charge on any atom is -0.396 e. The molecule has 21 heavy (non-hydrogen) atoms. The summed E-state index contributed by atoms with van der Waals surface area (Å²) in [6, 6.07) is 0. The normalized spacial score (nSPS) is 39.4. The van der Waals surface area contributed by atoms with Crippen molar-refractivity contribution in [3.8, 4) is 0 Å².